The van der Waals surface area contributed by atoms with Crippen molar-refractivity contribution in [3.8, 4) is 0 Å². The van der Waals surface area contributed by atoms with Gasteiger partial charge in [-0.1, -0.05) is 42.4 Å². The lowest BCUT2D eigenvalue weighted by Gasteiger charge is -2.18. The van der Waals surface area contributed by atoms with Crippen LogP contribution in [0.1, 0.15) is 19.4 Å². The predicted octanol–water partition coefficient (Wildman–Crippen LogP) is 2.50. The van der Waals surface area contributed by atoms with Gasteiger partial charge in [0.05, 0.1) is 6.21 Å². The Hall–Kier alpha value is -1.86. The molecule has 1 atom stereocenters. The fraction of sp³-hybridized carbons (Fsp3) is 0.333. The van der Waals surface area contributed by atoms with Crippen LogP contribution in [-0.2, 0) is 14.4 Å². The van der Waals surface area contributed by atoms with Gasteiger partial charge in [0.15, 0.2) is 5.12 Å². The summed E-state index contributed by atoms with van der Waals surface area (Å²) in [4.78, 5) is 34.1. The Labute approximate surface area is 143 Å². The number of amides is 1. The zero-order chi connectivity index (χ0) is 17.4. The number of carboxylic acid groups (broad SMARTS) is 1. The van der Waals surface area contributed by atoms with E-state index >= 15 is 0 Å². The van der Waals surface area contributed by atoms with Crippen LogP contribution in [0.4, 0.5) is 0 Å². The first-order chi connectivity index (χ1) is 10.8. The monoisotopic (exact) mass is 356 g/mol. The number of benzene rings is 1. The van der Waals surface area contributed by atoms with Crippen LogP contribution in [0.25, 0.3) is 0 Å². The highest BCUT2D eigenvalue weighted by molar-refractivity contribution is 8.13. The van der Waals surface area contributed by atoms with Gasteiger partial charge in [0.2, 0.25) is 5.91 Å². The van der Waals surface area contributed by atoms with E-state index in [-0.39, 0.29) is 10.9 Å². The van der Waals surface area contributed by atoms with Crippen molar-refractivity contribution in [3.63, 3.8) is 0 Å². The quantitative estimate of drug-likeness (QED) is 0.599. The zero-order valence-corrected chi connectivity index (χ0v) is 14.3. The third kappa shape index (κ3) is 7.30. The van der Waals surface area contributed by atoms with Crippen LogP contribution in [0.3, 0.4) is 0 Å². The van der Waals surface area contributed by atoms with Crippen molar-refractivity contribution in [1.82, 2.24) is 5.01 Å². The maximum atomic E-state index is 12.3. The van der Waals surface area contributed by atoms with Crippen LogP contribution in [0, 0.1) is 5.92 Å². The summed E-state index contributed by atoms with van der Waals surface area (Å²) in [6.07, 6.45) is 1.39. The molecule has 0 aliphatic heterocycles. The Morgan fingerprint density at radius 2 is 1.96 bits per heavy atom. The summed E-state index contributed by atoms with van der Waals surface area (Å²) >= 11 is 6.80. The second-order valence-corrected chi connectivity index (χ2v) is 6.42. The molecule has 8 heteroatoms. The fourth-order valence-electron chi connectivity index (χ4n) is 1.56. The van der Waals surface area contributed by atoms with Crippen molar-refractivity contribution >= 4 is 46.6 Å². The highest BCUT2D eigenvalue weighted by Gasteiger charge is 2.22. The highest BCUT2D eigenvalue weighted by Crippen LogP contribution is 2.13. The maximum Gasteiger partial charge on any atom is 0.325 e. The topological polar surface area (TPSA) is 87.0 Å². The smallest absolute Gasteiger partial charge is 0.325 e. The molecule has 1 unspecified atom stereocenters. The van der Waals surface area contributed by atoms with Gasteiger partial charge in [-0.25, -0.2) is 5.01 Å². The molecule has 23 heavy (non-hydrogen) atoms. The van der Waals surface area contributed by atoms with Crippen LogP contribution in [0.2, 0.25) is 5.02 Å². The number of carboxylic acids is 1. The molecule has 1 amide bonds. The largest absolute Gasteiger partial charge is 0.480 e. The number of halogens is 1. The second-order valence-electron chi connectivity index (χ2n) is 4.79. The number of thioether (sulfide) groups is 1. The van der Waals surface area contributed by atoms with E-state index in [9.17, 15) is 14.4 Å². The molecule has 0 spiro atoms. The molecule has 1 N–H and O–H groups in total. The average Bonchev–Trinajstić information content (AvgIpc) is 2.49. The highest BCUT2D eigenvalue weighted by atomic mass is 35.5. The minimum atomic E-state index is -1.17. The Kier molecular flexibility index (Phi) is 7.77. The van der Waals surface area contributed by atoms with Gasteiger partial charge in [0, 0.05) is 23.6 Å². The molecule has 0 aromatic heterocycles. The molecule has 0 bridgehead atoms. The molecule has 0 radical (unpaired) electrons. The summed E-state index contributed by atoms with van der Waals surface area (Å²) in [5.41, 5.74) is 0.684. The van der Waals surface area contributed by atoms with Gasteiger partial charge in [-0.3, -0.25) is 14.4 Å². The third-order valence-electron chi connectivity index (χ3n) is 2.71. The molecule has 124 valence electrons. The molecule has 0 aliphatic carbocycles. The summed E-state index contributed by atoms with van der Waals surface area (Å²) in [6.45, 7) is 2.50. The van der Waals surface area contributed by atoms with E-state index in [2.05, 4.69) is 5.10 Å². The minimum absolute atomic E-state index is 0.0981. The number of nitrogens with zero attached hydrogens (tertiary/aromatic N) is 2. The summed E-state index contributed by atoms with van der Waals surface area (Å²) in [5.74, 6) is -1.86. The Morgan fingerprint density at radius 1 is 1.35 bits per heavy atom. The number of rotatable bonds is 7. The first-order valence-corrected chi connectivity index (χ1v) is 8.12. The SMILES string of the molecule is CC(=O)SCC(C)C(=O)N(CC(=O)O)N=Cc1ccc(Cl)cc1. The summed E-state index contributed by atoms with van der Waals surface area (Å²) < 4.78 is 0. The van der Waals surface area contributed by atoms with Gasteiger partial charge in [-0.2, -0.15) is 5.10 Å². The number of hydrogen-bond acceptors (Lipinski definition) is 5. The van der Waals surface area contributed by atoms with E-state index in [1.807, 2.05) is 0 Å². The van der Waals surface area contributed by atoms with Crippen molar-refractivity contribution in [3.05, 3.63) is 34.9 Å². The second kappa shape index (κ2) is 9.32. The van der Waals surface area contributed by atoms with Gasteiger partial charge in [-0.15, -0.1) is 0 Å². The molecule has 0 saturated heterocycles. The van der Waals surface area contributed by atoms with E-state index in [1.165, 1.54) is 13.1 Å². The Morgan fingerprint density at radius 3 is 2.48 bits per heavy atom. The van der Waals surface area contributed by atoms with Crippen LogP contribution < -0.4 is 0 Å². The lowest BCUT2D eigenvalue weighted by Crippen LogP contribution is -2.36. The van der Waals surface area contributed by atoms with Gasteiger partial charge < -0.3 is 5.11 Å². The number of hydrogen-bond donors (Lipinski definition) is 1. The zero-order valence-electron chi connectivity index (χ0n) is 12.7. The lowest BCUT2D eigenvalue weighted by molar-refractivity contribution is -0.145. The van der Waals surface area contributed by atoms with Crippen molar-refractivity contribution in [2.24, 2.45) is 11.0 Å². The Balaban J connectivity index is 2.82. The first-order valence-electron chi connectivity index (χ1n) is 6.75. The van der Waals surface area contributed by atoms with Crippen LogP contribution in [0.5, 0.6) is 0 Å². The molecule has 0 aliphatic rings. The van der Waals surface area contributed by atoms with Crippen LogP contribution in [0.15, 0.2) is 29.4 Å². The molecule has 1 aromatic carbocycles. The number of carbonyl (C=O) groups is 3. The van der Waals surface area contributed by atoms with Crippen molar-refractivity contribution in [1.29, 1.82) is 0 Å². The first kappa shape index (κ1) is 19.2. The van der Waals surface area contributed by atoms with Crippen molar-refractivity contribution in [2.75, 3.05) is 12.3 Å². The van der Waals surface area contributed by atoms with E-state index < -0.39 is 24.3 Å². The minimum Gasteiger partial charge on any atom is -0.480 e. The van der Waals surface area contributed by atoms with Gasteiger partial charge in [0.25, 0.3) is 0 Å². The van der Waals surface area contributed by atoms with Crippen LogP contribution in [-0.4, -0.2) is 45.6 Å². The predicted molar refractivity (Wildman–Crippen MR) is 90.7 cm³/mol. The summed E-state index contributed by atoms with van der Waals surface area (Å²) in [5, 5.41) is 14.2. The van der Waals surface area contributed by atoms with E-state index in [0.29, 0.717) is 10.6 Å². The molecule has 1 aromatic rings. The fourth-order valence-corrected chi connectivity index (χ4v) is 2.31. The maximum absolute atomic E-state index is 12.3. The van der Waals surface area contributed by atoms with Crippen molar-refractivity contribution in [2.45, 2.75) is 13.8 Å². The number of hydrazone groups is 1. The molecule has 6 nitrogen and oxygen atoms in total. The normalized spacial score (nSPS) is 12.1. The summed E-state index contributed by atoms with van der Waals surface area (Å²) in [6, 6.07) is 6.73. The van der Waals surface area contributed by atoms with E-state index in [4.69, 9.17) is 16.7 Å². The molecule has 0 heterocycles. The number of carbonyl (C=O) groups excluding carboxylic acids is 2. The van der Waals surface area contributed by atoms with Gasteiger partial charge in [-0.05, 0) is 17.7 Å². The average molecular weight is 357 g/mol. The summed E-state index contributed by atoms with van der Waals surface area (Å²) in [7, 11) is 0. The molecule has 1 rings (SSSR count). The molecular formula is C15H17ClN2O4S. The van der Waals surface area contributed by atoms with E-state index in [0.717, 1.165) is 16.8 Å². The van der Waals surface area contributed by atoms with Crippen molar-refractivity contribution < 1.29 is 19.5 Å². The Bertz CT molecular complexity index is 604. The standard InChI is InChI=1S/C15H17ClN2O4S/c1-10(9-23-11(2)19)15(22)18(8-14(20)21)17-7-12-3-5-13(16)6-4-12/h3-7,10H,8-9H2,1-2H3,(H,20,21). The molecule has 0 saturated carbocycles. The van der Waals surface area contributed by atoms with Gasteiger partial charge >= 0.3 is 5.97 Å². The van der Waals surface area contributed by atoms with Crippen LogP contribution >= 0.6 is 23.4 Å². The number of aliphatic carboxylic acids is 1. The van der Waals surface area contributed by atoms with Gasteiger partial charge in [0.1, 0.15) is 6.54 Å². The third-order valence-corrected chi connectivity index (χ3v) is 4.04. The molecule has 0 fully saturated rings. The molecular weight excluding hydrogens is 340 g/mol. The lowest BCUT2D eigenvalue weighted by atomic mass is 10.2. The van der Waals surface area contributed by atoms with E-state index in [1.54, 1.807) is 31.2 Å².